The van der Waals surface area contributed by atoms with Gasteiger partial charge in [-0.25, -0.2) is 4.39 Å². The lowest BCUT2D eigenvalue weighted by atomic mass is 9.92. The van der Waals surface area contributed by atoms with Crippen molar-refractivity contribution in [1.82, 2.24) is 24.9 Å². The quantitative estimate of drug-likeness (QED) is 0.671. The van der Waals surface area contributed by atoms with E-state index < -0.39 is 23.8 Å². The first-order chi connectivity index (χ1) is 17.0. The maximum absolute atomic E-state index is 13.8. The number of halogens is 1. The van der Waals surface area contributed by atoms with Crippen molar-refractivity contribution in [3.05, 3.63) is 53.1 Å². The molecule has 2 heterocycles. The molecule has 1 atom stereocenters. The summed E-state index contributed by atoms with van der Waals surface area (Å²) in [6.07, 6.45) is 1.92. The molecule has 194 valence electrons. The van der Waals surface area contributed by atoms with E-state index in [9.17, 15) is 18.8 Å². The highest BCUT2D eigenvalue weighted by Gasteiger charge is 2.44. The van der Waals surface area contributed by atoms with Gasteiger partial charge in [-0.1, -0.05) is 26.8 Å². The van der Waals surface area contributed by atoms with E-state index in [1.54, 1.807) is 13.1 Å². The van der Waals surface area contributed by atoms with Crippen LogP contribution in [0.3, 0.4) is 0 Å². The first kappa shape index (κ1) is 25.8. The summed E-state index contributed by atoms with van der Waals surface area (Å²) in [5.41, 5.74) is 6.95. The van der Waals surface area contributed by atoms with E-state index in [0.29, 0.717) is 5.69 Å². The number of benzene rings is 1. The van der Waals surface area contributed by atoms with Gasteiger partial charge in [0.25, 0.3) is 17.7 Å². The average Bonchev–Trinajstić information content (AvgIpc) is 3.44. The van der Waals surface area contributed by atoms with E-state index in [1.165, 1.54) is 32.7 Å². The van der Waals surface area contributed by atoms with Gasteiger partial charge in [0.1, 0.15) is 11.5 Å². The van der Waals surface area contributed by atoms with Crippen LogP contribution >= 0.6 is 0 Å². The van der Waals surface area contributed by atoms with Crippen molar-refractivity contribution in [2.75, 3.05) is 13.1 Å². The topological polar surface area (TPSA) is 114 Å². The number of carbonyl (C=O) groups excluding carboxylic acids is 3. The van der Waals surface area contributed by atoms with Crippen LogP contribution in [-0.4, -0.2) is 68.6 Å². The van der Waals surface area contributed by atoms with Gasteiger partial charge in [-0.15, -0.1) is 0 Å². The predicted molar refractivity (Wildman–Crippen MR) is 133 cm³/mol. The molecular formula is C26H35FN6O3. The van der Waals surface area contributed by atoms with Crippen molar-refractivity contribution in [2.45, 2.75) is 70.1 Å². The number of carbonyl (C=O) groups is 3. The largest absolute Gasteiger partial charge is 0.350 e. The summed E-state index contributed by atoms with van der Waals surface area (Å²) in [7, 11) is 1.69. The van der Waals surface area contributed by atoms with Crippen LogP contribution in [0.15, 0.2) is 30.3 Å². The highest BCUT2D eigenvalue weighted by atomic mass is 19.1. The maximum atomic E-state index is 13.8. The Kier molecular flexibility index (Phi) is 7.17. The highest BCUT2D eigenvalue weighted by Crippen LogP contribution is 2.26. The van der Waals surface area contributed by atoms with E-state index in [2.05, 4.69) is 10.4 Å². The van der Waals surface area contributed by atoms with Crippen LogP contribution in [0, 0.1) is 5.82 Å². The third-order valence-corrected chi connectivity index (χ3v) is 6.99. The number of rotatable bonds is 4. The summed E-state index contributed by atoms with van der Waals surface area (Å²) in [5, 5.41) is 7.52. The summed E-state index contributed by atoms with van der Waals surface area (Å²) >= 11 is 0. The zero-order valence-corrected chi connectivity index (χ0v) is 21.3. The van der Waals surface area contributed by atoms with Crippen molar-refractivity contribution in [3.8, 4) is 0 Å². The molecule has 1 aromatic heterocycles. The number of amides is 3. The Morgan fingerprint density at radius 1 is 1.03 bits per heavy atom. The molecule has 10 heteroatoms. The number of aryl methyl sites for hydroxylation is 1. The van der Waals surface area contributed by atoms with Gasteiger partial charge in [-0.05, 0) is 49.9 Å². The van der Waals surface area contributed by atoms with Crippen molar-refractivity contribution < 1.29 is 18.8 Å². The minimum Gasteiger partial charge on any atom is -0.350 e. The number of hydrogen-bond donors (Lipinski definition) is 2. The molecule has 1 aliphatic carbocycles. The van der Waals surface area contributed by atoms with Crippen molar-refractivity contribution in [1.29, 1.82) is 0 Å². The van der Waals surface area contributed by atoms with Crippen molar-refractivity contribution in [3.63, 3.8) is 0 Å². The van der Waals surface area contributed by atoms with Crippen molar-refractivity contribution >= 4 is 17.7 Å². The molecule has 1 aromatic carbocycles. The minimum absolute atomic E-state index is 0.0785. The zero-order chi connectivity index (χ0) is 26.2. The van der Waals surface area contributed by atoms with E-state index in [1.807, 2.05) is 20.8 Å². The number of nitrogens with zero attached hydrogens (tertiary/aromatic N) is 4. The summed E-state index contributed by atoms with van der Waals surface area (Å²) in [6.45, 7) is 6.34. The molecule has 3 amide bonds. The van der Waals surface area contributed by atoms with Crippen LogP contribution in [0.5, 0.6) is 0 Å². The Labute approximate surface area is 210 Å². The van der Waals surface area contributed by atoms with Crippen LogP contribution < -0.4 is 11.1 Å². The normalized spacial score (nSPS) is 22.6. The van der Waals surface area contributed by atoms with E-state index in [0.717, 1.165) is 37.4 Å². The Morgan fingerprint density at radius 3 is 2.25 bits per heavy atom. The molecule has 0 bridgehead atoms. The van der Waals surface area contributed by atoms with Gasteiger partial charge in [-0.3, -0.25) is 19.1 Å². The van der Waals surface area contributed by atoms with Gasteiger partial charge >= 0.3 is 0 Å². The fourth-order valence-electron chi connectivity index (χ4n) is 4.84. The molecule has 2 fully saturated rings. The lowest BCUT2D eigenvalue weighted by Crippen LogP contribution is -2.56. The minimum atomic E-state index is -1.16. The average molecular weight is 499 g/mol. The van der Waals surface area contributed by atoms with E-state index in [4.69, 9.17) is 5.73 Å². The molecule has 36 heavy (non-hydrogen) atoms. The van der Waals surface area contributed by atoms with E-state index in [-0.39, 0.29) is 42.1 Å². The summed E-state index contributed by atoms with van der Waals surface area (Å²) < 4.78 is 15.4. The summed E-state index contributed by atoms with van der Waals surface area (Å²) in [6, 6.07) is 7.12. The Morgan fingerprint density at radius 2 is 1.67 bits per heavy atom. The molecule has 1 saturated carbocycles. The zero-order valence-electron chi connectivity index (χ0n) is 21.3. The van der Waals surface area contributed by atoms with Gasteiger partial charge in [0, 0.05) is 43.2 Å². The van der Waals surface area contributed by atoms with Gasteiger partial charge in [0.2, 0.25) is 0 Å². The monoisotopic (exact) mass is 498 g/mol. The molecule has 2 aliphatic rings. The van der Waals surface area contributed by atoms with Crippen LogP contribution in [0.25, 0.3) is 0 Å². The van der Waals surface area contributed by atoms with Crippen LogP contribution in [0.4, 0.5) is 4.39 Å². The van der Waals surface area contributed by atoms with Gasteiger partial charge < -0.3 is 20.9 Å². The molecule has 0 spiro atoms. The molecular weight excluding hydrogens is 463 g/mol. The number of nitrogens with one attached hydrogen (secondary N) is 1. The molecule has 9 nitrogen and oxygen atoms in total. The number of nitrogens with two attached hydrogens (primary N) is 1. The Hall–Kier alpha value is -3.27. The van der Waals surface area contributed by atoms with E-state index >= 15 is 0 Å². The SMILES string of the molecule is Cn1nc(C(C)(C)C)cc1C(=O)N1CCN(C(=O)c2cccc(F)c2)C1C(=O)NC1CCC(N)CC1. The van der Waals surface area contributed by atoms with Crippen LogP contribution in [-0.2, 0) is 17.3 Å². The molecule has 4 rings (SSSR count). The maximum Gasteiger partial charge on any atom is 0.274 e. The highest BCUT2D eigenvalue weighted by molar-refractivity contribution is 6.01. The molecule has 2 aromatic rings. The standard InChI is InChI=1S/C26H35FN6O3/c1-26(2,3)21-15-20(31(4)30-21)25(36)33-13-12-32(24(35)16-6-5-7-17(27)14-16)23(33)22(34)29-19-10-8-18(28)9-11-19/h5-7,14-15,18-19,23H,8-13,28H2,1-4H3,(H,29,34). The molecule has 0 radical (unpaired) electrons. The molecule has 1 saturated heterocycles. The number of aromatic nitrogens is 2. The predicted octanol–water partition coefficient (Wildman–Crippen LogP) is 2.17. The second kappa shape index (κ2) is 10.0. The molecule has 3 N–H and O–H groups in total. The lowest BCUT2D eigenvalue weighted by molar-refractivity contribution is -0.129. The lowest BCUT2D eigenvalue weighted by Gasteiger charge is -2.32. The van der Waals surface area contributed by atoms with Crippen LogP contribution in [0.1, 0.15) is 73.0 Å². The second-order valence-corrected chi connectivity index (χ2v) is 10.8. The smallest absolute Gasteiger partial charge is 0.274 e. The fourth-order valence-corrected chi connectivity index (χ4v) is 4.84. The van der Waals surface area contributed by atoms with Crippen molar-refractivity contribution in [2.24, 2.45) is 12.8 Å². The van der Waals surface area contributed by atoms with Gasteiger partial charge in [-0.2, -0.15) is 5.10 Å². The third kappa shape index (κ3) is 5.28. The van der Waals surface area contributed by atoms with Gasteiger partial charge in [0.05, 0.1) is 5.69 Å². The molecule has 1 unspecified atom stereocenters. The van der Waals surface area contributed by atoms with Gasteiger partial charge in [0.15, 0.2) is 6.17 Å². The Balaban J connectivity index is 1.63. The summed E-state index contributed by atoms with van der Waals surface area (Å²) in [5.74, 6) is -1.86. The first-order valence-corrected chi connectivity index (χ1v) is 12.4. The Bertz CT molecular complexity index is 1150. The number of hydrogen-bond acceptors (Lipinski definition) is 5. The first-order valence-electron chi connectivity index (χ1n) is 12.4. The van der Waals surface area contributed by atoms with Crippen LogP contribution in [0.2, 0.25) is 0 Å². The second-order valence-electron chi connectivity index (χ2n) is 10.8. The fraction of sp³-hybridized carbons (Fsp3) is 0.538. The third-order valence-electron chi connectivity index (χ3n) is 6.99. The summed E-state index contributed by atoms with van der Waals surface area (Å²) in [4.78, 5) is 43.4. The molecule has 1 aliphatic heterocycles.